The molecule has 1 fully saturated rings. The van der Waals surface area contributed by atoms with Gasteiger partial charge in [0.1, 0.15) is 0 Å². The number of aromatic carboxylic acids is 2. The van der Waals surface area contributed by atoms with Gasteiger partial charge in [0.15, 0.2) is 0 Å². The third kappa shape index (κ3) is 4.74. The average Bonchev–Trinajstić information content (AvgIpc) is 3.48. The maximum atomic E-state index is 12.5. The van der Waals surface area contributed by atoms with Crippen LogP contribution >= 0.6 is 0 Å². The fourth-order valence-electron chi connectivity index (χ4n) is 6.08. The van der Waals surface area contributed by atoms with Gasteiger partial charge in [0, 0.05) is 0 Å². The summed E-state index contributed by atoms with van der Waals surface area (Å²) >= 11 is 0. The lowest BCUT2D eigenvalue weighted by Crippen LogP contribution is -2.10. The molecular formula is C34H32O4. The molecule has 1 aliphatic carbocycles. The van der Waals surface area contributed by atoms with Gasteiger partial charge in [0.2, 0.25) is 0 Å². The lowest BCUT2D eigenvalue weighted by atomic mass is 9.75. The van der Waals surface area contributed by atoms with Crippen molar-refractivity contribution in [1.82, 2.24) is 0 Å². The third-order valence-corrected chi connectivity index (χ3v) is 7.67. The molecule has 192 valence electrons. The highest BCUT2D eigenvalue weighted by molar-refractivity contribution is 6.05. The molecule has 0 atom stereocenters. The first-order valence-corrected chi connectivity index (χ1v) is 13.4. The topological polar surface area (TPSA) is 74.6 Å². The zero-order valence-corrected chi connectivity index (χ0v) is 21.6. The largest absolute Gasteiger partial charge is 0.478 e. The zero-order chi connectivity index (χ0) is 26.6. The van der Waals surface area contributed by atoms with Crippen LogP contribution in [0.2, 0.25) is 0 Å². The Kier molecular flexibility index (Phi) is 7.41. The minimum absolute atomic E-state index is 0.226. The molecule has 4 aromatic carbocycles. The summed E-state index contributed by atoms with van der Waals surface area (Å²) in [5.74, 6) is -1.72. The molecule has 0 aliphatic heterocycles. The van der Waals surface area contributed by atoms with Crippen LogP contribution in [0, 0.1) is 0 Å². The van der Waals surface area contributed by atoms with Gasteiger partial charge in [-0.25, -0.2) is 9.59 Å². The molecule has 0 spiro atoms. The Balaban J connectivity index is 2.01. The number of carbonyl (C=O) groups is 2. The van der Waals surface area contributed by atoms with Crippen molar-refractivity contribution < 1.29 is 19.8 Å². The van der Waals surface area contributed by atoms with Crippen molar-refractivity contribution in [3.8, 4) is 33.4 Å². The number of hydrogen-bond donors (Lipinski definition) is 2. The summed E-state index contributed by atoms with van der Waals surface area (Å²) in [6, 6.07) is 26.8. The fraction of sp³-hybridized carbons (Fsp3) is 0.235. The second-order valence-corrected chi connectivity index (χ2v) is 10.0. The fourth-order valence-corrected chi connectivity index (χ4v) is 6.08. The van der Waals surface area contributed by atoms with E-state index in [-0.39, 0.29) is 17.0 Å². The van der Waals surface area contributed by atoms with Crippen molar-refractivity contribution in [1.29, 1.82) is 0 Å². The highest BCUT2D eigenvalue weighted by Crippen LogP contribution is 2.50. The van der Waals surface area contributed by atoms with E-state index in [0.717, 1.165) is 71.9 Å². The molecule has 1 aliphatic rings. The van der Waals surface area contributed by atoms with Crippen LogP contribution in [0.1, 0.15) is 76.8 Å². The lowest BCUT2D eigenvalue weighted by Gasteiger charge is -2.28. The predicted octanol–water partition coefficient (Wildman–Crippen LogP) is 8.69. The Morgan fingerprint density at radius 3 is 1.79 bits per heavy atom. The third-order valence-electron chi connectivity index (χ3n) is 7.67. The summed E-state index contributed by atoms with van der Waals surface area (Å²) in [7, 11) is 0. The highest BCUT2D eigenvalue weighted by Gasteiger charge is 2.31. The summed E-state index contributed by atoms with van der Waals surface area (Å²) < 4.78 is 0. The number of hydrogen-bond acceptors (Lipinski definition) is 2. The van der Waals surface area contributed by atoms with E-state index in [4.69, 9.17) is 0 Å². The molecule has 38 heavy (non-hydrogen) atoms. The Labute approximate surface area is 223 Å². The zero-order valence-electron chi connectivity index (χ0n) is 21.6. The second-order valence-electron chi connectivity index (χ2n) is 10.0. The molecule has 0 heterocycles. The average molecular weight is 505 g/mol. The van der Waals surface area contributed by atoms with Crippen LogP contribution in [-0.2, 0) is 6.42 Å². The standard InChI is InChI=1S/C34H32O4/c1-2-12-24-21-29(22-13-4-3-5-14-22)30(23-15-6-7-16-23)32(26-18-9-11-20-28(26)34(37)38)31(24)25-17-8-10-19-27(25)33(35)36/h3-5,8-11,13-14,17-21,23H,2,6-7,12,15-16H2,1H3,(H,35,36)(H,37,38). The van der Waals surface area contributed by atoms with Crippen LogP contribution in [0.15, 0.2) is 84.9 Å². The van der Waals surface area contributed by atoms with E-state index in [0.29, 0.717) is 11.1 Å². The van der Waals surface area contributed by atoms with Crippen molar-refractivity contribution in [3.05, 3.63) is 107 Å². The minimum Gasteiger partial charge on any atom is -0.478 e. The van der Waals surface area contributed by atoms with Crippen LogP contribution < -0.4 is 0 Å². The summed E-state index contributed by atoms with van der Waals surface area (Å²) in [6.07, 6.45) is 5.91. The summed E-state index contributed by atoms with van der Waals surface area (Å²) in [5, 5.41) is 20.4. The van der Waals surface area contributed by atoms with Crippen molar-refractivity contribution in [2.24, 2.45) is 0 Å². The van der Waals surface area contributed by atoms with Crippen molar-refractivity contribution in [2.75, 3.05) is 0 Å². The van der Waals surface area contributed by atoms with Crippen molar-refractivity contribution in [2.45, 2.75) is 51.4 Å². The molecule has 0 unspecified atom stereocenters. The Morgan fingerprint density at radius 1 is 0.711 bits per heavy atom. The molecule has 5 rings (SSSR count). The first kappa shape index (κ1) is 25.5. The quantitative estimate of drug-likeness (QED) is 0.252. The van der Waals surface area contributed by atoms with Crippen LogP contribution in [0.3, 0.4) is 0 Å². The maximum Gasteiger partial charge on any atom is 0.336 e. The Morgan fingerprint density at radius 2 is 1.24 bits per heavy atom. The molecule has 4 aromatic rings. The number of carboxylic acids is 2. The first-order valence-electron chi connectivity index (χ1n) is 13.4. The lowest BCUT2D eigenvalue weighted by molar-refractivity contribution is 0.0686. The van der Waals surface area contributed by atoms with E-state index in [1.165, 1.54) is 0 Å². The molecule has 1 saturated carbocycles. The van der Waals surface area contributed by atoms with Crippen LogP contribution in [0.4, 0.5) is 0 Å². The molecule has 4 heteroatoms. The van der Waals surface area contributed by atoms with E-state index in [2.05, 4.69) is 25.1 Å². The van der Waals surface area contributed by atoms with Crippen molar-refractivity contribution >= 4 is 11.9 Å². The molecule has 0 radical (unpaired) electrons. The first-order chi connectivity index (χ1) is 18.5. The molecule has 0 saturated heterocycles. The number of benzene rings is 4. The van der Waals surface area contributed by atoms with Gasteiger partial charge in [-0.3, -0.25) is 0 Å². The monoisotopic (exact) mass is 504 g/mol. The molecule has 2 N–H and O–H groups in total. The molecule has 0 amide bonds. The highest BCUT2D eigenvalue weighted by atomic mass is 16.4. The Hall–Kier alpha value is -4.18. The summed E-state index contributed by atoms with van der Waals surface area (Å²) in [5.41, 5.74) is 7.84. The van der Waals surface area contributed by atoms with Crippen LogP contribution in [0.25, 0.3) is 33.4 Å². The number of aryl methyl sites for hydroxylation is 1. The molecule has 0 bridgehead atoms. The predicted molar refractivity (Wildman–Crippen MR) is 152 cm³/mol. The molecular weight excluding hydrogens is 472 g/mol. The minimum atomic E-state index is -0.991. The van der Waals surface area contributed by atoms with Gasteiger partial charge in [-0.2, -0.15) is 0 Å². The summed E-state index contributed by atoms with van der Waals surface area (Å²) in [4.78, 5) is 24.9. The van der Waals surface area contributed by atoms with Gasteiger partial charge < -0.3 is 10.2 Å². The van der Waals surface area contributed by atoms with Crippen LogP contribution in [0.5, 0.6) is 0 Å². The maximum absolute atomic E-state index is 12.5. The van der Waals surface area contributed by atoms with Gasteiger partial charge >= 0.3 is 11.9 Å². The van der Waals surface area contributed by atoms with Gasteiger partial charge in [0.05, 0.1) is 11.1 Å². The van der Waals surface area contributed by atoms with Gasteiger partial charge in [-0.15, -0.1) is 0 Å². The smallest absolute Gasteiger partial charge is 0.336 e. The normalized spacial score (nSPS) is 13.5. The van der Waals surface area contributed by atoms with Crippen LogP contribution in [-0.4, -0.2) is 22.2 Å². The van der Waals surface area contributed by atoms with Gasteiger partial charge in [-0.1, -0.05) is 99.0 Å². The van der Waals surface area contributed by atoms with E-state index in [9.17, 15) is 19.8 Å². The van der Waals surface area contributed by atoms with E-state index in [1.54, 1.807) is 24.3 Å². The van der Waals surface area contributed by atoms with E-state index >= 15 is 0 Å². The Bertz CT molecular complexity index is 1480. The van der Waals surface area contributed by atoms with E-state index < -0.39 is 11.9 Å². The summed E-state index contributed by atoms with van der Waals surface area (Å²) in [6.45, 7) is 2.12. The van der Waals surface area contributed by atoms with Crippen molar-refractivity contribution in [3.63, 3.8) is 0 Å². The van der Waals surface area contributed by atoms with E-state index in [1.807, 2.05) is 42.5 Å². The van der Waals surface area contributed by atoms with Gasteiger partial charge in [-0.05, 0) is 81.8 Å². The SMILES string of the molecule is CCCc1cc(-c2ccccc2)c(C2CCCC2)c(-c2ccccc2C(=O)O)c1-c1ccccc1C(=O)O. The number of rotatable bonds is 8. The number of carboxylic acid groups (broad SMARTS) is 2. The molecule has 0 aromatic heterocycles. The second kappa shape index (κ2) is 11.1. The molecule has 4 nitrogen and oxygen atoms in total. The van der Waals surface area contributed by atoms with Gasteiger partial charge in [0.25, 0.3) is 0 Å².